The monoisotopic (exact) mass is 1810 g/mol. The Morgan fingerprint density at radius 3 is 0.591 bits per heavy atom. The minimum absolute atomic E-state index is 0.351. The van der Waals surface area contributed by atoms with Gasteiger partial charge < -0.3 is 47.4 Å². The Labute approximate surface area is 567 Å². The van der Waals surface area contributed by atoms with E-state index in [0.717, 1.165) is 0 Å². The van der Waals surface area contributed by atoms with E-state index in [1.165, 1.54) is 9.88 Å². The third kappa shape index (κ3) is 43.1. The molecule has 0 spiro atoms. The molecule has 2 unspecified atom stereocenters. The first-order chi connectivity index (χ1) is 48.1. The molecular formula is C38H22ClF55O16. The molecule has 0 aromatic rings. The normalized spacial score (nSPS) is 19.8. The summed E-state index contributed by atoms with van der Waals surface area (Å²) in [4.78, 5) is 13.1. The van der Waals surface area contributed by atoms with Gasteiger partial charge >= 0.3 is 152 Å². The lowest BCUT2D eigenvalue weighted by molar-refractivity contribution is -0.515. The number of rotatable bonds is 10. The molecule has 5 aliphatic heterocycles. The molecule has 110 heavy (non-hydrogen) atoms. The molecule has 2 atom stereocenters. The minimum atomic E-state index is -6.28. The summed E-state index contributed by atoms with van der Waals surface area (Å²) in [6.45, 7) is 20.6. The molecule has 5 rings (SSSR count). The third-order valence-corrected chi connectivity index (χ3v) is 7.14. The van der Waals surface area contributed by atoms with E-state index in [0.29, 0.717) is 0 Å². The molecule has 2 fully saturated rings. The Bertz CT molecular complexity index is 2480. The van der Waals surface area contributed by atoms with Crippen LogP contribution in [0.1, 0.15) is 0 Å². The summed E-state index contributed by atoms with van der Waals surface area (Å²) in [6, 6.07) is -14.6. The van der Waals surface area contributed by atoms with Crippen LogP contribution in [-0.4, -0.2) is 135 Å². The Balaban J connectivity index is -0.000000148. The number of alkyl halides is 44. The van der Waals surface area contributed by atoms with Crippen molar-refractivity contribution in [2.24, 2.45) is 0 Å². The van der Waals surface area contributed by atoms with Crippen LogP contribution >= 0.6 is 11.6 Å². The second kappa shape index (κ2) is 45.6. The fraction of sp³-hybridized carbons (Fsp3) is 0.579. The first-order valence-electron chi connectivity index (χ1n) is 22.0. The highest BCUT2D eigenvalue weighted by Gasteiger charge is 2.88. The number of ether oxygens (including phenoxy) is 10. The molecule has 16 nitrogen and oxygen atoms in total. The lowest BCUT2D eigenvalue weighted by Crippen LogP contribution is -2.62. The van der Waals surface area contributed by atoms with Crippen LogP contribution in [0.3, 0.4) is 0 Å². The maximum atomic E-state index is 13.0. The molecule has 5 heterocycles. The van der Waals surface area contributed by atoms with E-state index in [-0.39, 0.29) is 13.2 Å². The van der Waals surface area contributed by atoms with Gasteiger partial charge in [-0.2, -0.15) is 168 Å². The molecule has 72 heteroatoms. The van der Waals surface area contributed by atoms with Crippen molar-refractivity contribution in [3.8, 4) is 0 Å². The van der Waals surface area contributed by atoms with E-state index in [2.05, 4.69) is 126 Å². The van der Waals surface area contributed by atoms with Gasteiger partial charge in [-0.15, -0.1) is 116 Å². The van der Waals surface area contributed by atoms with Gasteiger partial charge in [-0.25, -0.2) is 0 Å². The van der Waals surface area contributed by atoms with Crippen molar-refractivity contribution in [1.82, 2.24) is 0 Å². The average Bonchev–Trinajstić information content (AvgIpc) is 1.54. The number of hydrogen-bond donors (Lipinski definition) is 0. The van der Waals surface area contributed by atoms with Gasteiger partial charge in [-0.05, 0) is 51.9 Å². The van der Waals surface area contributed by atoms with Crippen molar-refractivity contribution < 1.29 is 319 Å². The highest BCUT2D eigenvalue weighted by atomic mass is 35.5. The molecule has 0 aliphatic carbocycles. The quantitative estimate of drug-likeness (QED) is 0.0883. The van der Waals surface area contributed by atoms with Crippen molar-refractivity contribution in [1.29, 1.82) is 0 Å². The number of halogens is 56. The summed E-state index contributed by atoms with van der Waals surface area (Å²) in [5.74, 6) is -24.4. The number of hydrogen-bond acceptors (Lipinski definition) is 16. The maximum Gasteiger partial charge on any atom is 0.589 e. The summed E-state index contributed by atoms with van der Waals surface area (Å²) in [7, 11) is 0. The van der Waals surface area contributed by atoms with Crippen molar-refractivity contribution in [2.75, 3.05) is 19.8 Å². The lowest BCUT2D eigenvalue weighted by atomic mass is 10.1. The molecule has 0 radical (unpaired) electrons. The smallest absolute Gasteiger partial charge is 0.414 e. The van der Waals surface area contributed by atoms with Gasteiger partial charge in [0.1, 0.15) is 13.2 Å². The van der Waals surface area contributed by atoms with Gasteiger partial charge in [-0.3, -0.25) is 0 Å². The predicted molar refractivity (Wildman–Crippen MR) is 224 cm³/mol. The molecular weight excluding hydrogens is 1790 g/mol. The Morgan fingerprint density at radius 1 is 0.291 bits per heavy atom. The zero-order chi connectivity index (χ0) is 91.6. The van der Waals surface area contributed by atoms with Crippen molar-refractivity contribution in [3.05, 3.63) is 101 Å². The highest BCUT2D eigenvalue weighted by molar-refractivity contribution is 6.22. The van der Waals surface area contributed by atoms with E-state index < -0.39 is 170 Å². The van der Waals surface area contributed by atoms with Crippen LogP contribution in [0, 0.1) is 0 Å². The third-order valence-electron chi connectivity index (χ3n) is 6.89. The van der Waals surface area contributed by atoms with Crippen LogP contribution in [0.5, 0.6) is 0 Å². The molecule has 0 amide bonds. The Kier molecular flexibility index (Phi) is 49.9. The minimum Gasteiger partial charge on any atom is -0.414 e. The van der Waals surface area contributed by atoms with Gasteiger partial charge in [0.05, 0.1) is 0 Å². The maximum absolute atomic E-state index is 13.0. The summed E-state index contributed by atoms with van der Waals surface area (Å²) in [5, 5.41) is -5.20. The first kappa shape index (κ1) is 120. The zero-order valence-corrected chi connectivity index (χ0v) is 49.7. The zero-order valence-electron chi connectivity index (χ0n) is 49.0. The fourth-order valence-corrected chi connectivity index (χ4v) is 3.60. The molecule has 0 aromatic carbocycles. The van der Waals surface area contributed by atoms with E-state index in [1.54, 1.807) is 0 Å². The first-order valence-corrected chi connectivity index (χ1v) is 22.4. The van der Waals surface area contributed by atoms with Crippen molar-refractivity contribution >= 4 is 11.6 Å². The highest BCUT2D eigenvalue weighted by Crippen LogP contribution is 2.59. The standard InChI is InChI=1S/C6H2F8O2.C5ClF7O2.C5F8O2.C4H2F4O2.C3F4O2.C2F6O2.C2H2F4O2.C2H4F2O2.3C2H4.3CF4/c1-2-15-3(7,5(9,10)11)4(8,16-2)6(12,13)14;6-4(9,10)3(5(11,12)13)14-1(7)2(8)15-3;6-1-2(7)15-3(14-1,4(8,9)10)5(11,12)13;1-2-9-3(5,6)4(7,8)10-2;4-1-2(5)9-3(6,7)8-1;3-1(4,9-7)2(5,6)10-8;3-2(4,8-6)1-7-5;3-5-1-2-6-4;3*1-2;3*2-1(3,4)5/h1H2;;;1H2;;;1H2;1-2H2;3*1-2H2;;;. The fourth-order valence-electron chi connectivity index (χ4n) is 3.41. The van der Waals surface area contributed by atoms with Gasteiger partial charge in [0.25, 0.3) is 11.9 Å². The largest absolute Gasteiger partial charge is 0.589 e. The van der Waals surface area contributed by atoms with Crippen LogP contribution in [0.4, 0.5) is 242 Å². The predicted octanol–water partition coefficient (Wildman–Crippen LogP) is 23.4. The van der Waals surface area contributed by atoms with Crippen LogP contribution < -0.4 is 0 Å². The topological polar surface area (TPSA) is 148 Å². The summed E-state index contributed by atoms with van der Waals surface area (Å²) in [5.41, 5.74) is 0. The summed E-state index contributed by atoms with van der Waals surface area (Å²) < 4.78 is 648. The molecule has 0 bridgehead atoms. The van der Waals surface area contributed by atoms with Crippen LogP contribution in [0.15, 0.2) is 101 Å². The van der Waals surface area contributed by atoms with E-state index in [9.17, 15) is 242 Å². The van der Waals surface area contributed by atoms with E-state index in [1.807, 2.05) is 4.94 Å². The molecule has 0 saturated carbocycles. The van der Waals surface area contributed by atoms with Crippen molar-refractivity contribution in [2.45, 2.75) is 116 Å². The van der Waals surface area contributed by atoms with Crippen LogP contribution in [0.25, 0.3) is 0 Å². The second-order valence-electron chi connectivity index (χ2n) is 14.4. The van der Waals surface area contributed by atoms with Gasteiger partial charge in [0.2, 0.25) is 0 Å². The average molecular weight is 1810 g/mol. The Hall–Kier alpha value is -7.88. The van der Waals surface area contributed by atoms with Crippen LogP contribution in [-0.2, 0) is 77.0 Å². The second-order valence-corrected chi connectivity index (χ2v) is 14.9. The molecule has 0 aromatic heterocycles. The van der Waals surface area contributed by atoms with Gasteiger partial charge in [0.15, 0.2) is 6.61 Å². The van der Waals surface area contributed by atoms with Crippen LogP contribution in [0.2, 0.25) is 0 Å². The molecule has 0 N–H and O–H groups in total. The van der Waals surface area contributed by atoms with Crippen molar-refractivity contribution in [3.63, 3.8) is 0 Å². The summed E-state index contributed by atoms with van der Waals surface area (Å²) >= 11 is 4.05. The van der Waals surface area contributed by atoms with Gasteiger partial charge in [-0.1, -0.05) is 0 Å². The molecule has 662 valence electrons. The SMILES string of the molecule is C=C.C=C.C=C.C=C1OC(F)(C(F)(F)F)C(F)(C(F)(F)F)O1.C=C1OC(F)(F)C(F)(F)O1.FC(F)(F)F.FC(F)(F)F.FC(F)(F)F.FC1=C(F)OC(C(F)(F)F)(C(F)(F)Cl)O1.FC1=C(F)OC(C(F)(F)F)(C(F)(F)F)O1.FC1=C(F)OC(F)(F)O1.FOC(F)(F)C(F)(F)OF.FOCC(F)(F)OF.FOCCOF. The molecule has 2 saturated heterocycles. The van der Waals surface area contributed by atoms with E-state index >= 15 is 0 Å². The van der Waals surface area contributed by atoms with E-state index in [4.69, 9.17) is 0 Å². The summed E-state index contributed by atoms with van der Waals surface area (Å²) in [6.07, 6.45) is -76.1. The lowest BCUT2D eigenvalue weighted by Gasteiger charge is -2.31. The van der Waals surface area contributed by atoms with Gasteiger partial charge in [0, 0.05) is 0 Å². The Morgan fingerprint density at radius 2 is 0.491 bits per heavy atom. The molecule has 5 aliphatic rings.